The van der Waals surface area contributed by atoms with Crippen LogP contribution in [0.3, 0.4) is 0 Å². The first-order valence-electron chi connectivity index (χ1n) is 6.48. The lowest BCUT2D eigenvalue weighted by molar-refractivity contribution is -0.129. The summed E-state index contributed by atoms with van der Waals surface area (Å²) in [5.74, 6) is -0.0349. The summed E-state index contributed by atoms with van der Waals surface area (Å²) < 4.78 is 4.94. The maximum atomic E-state index is 11.6. The molecule has 0 aliphatic rings. The molecule has 0 atom stereocenters. The third-order valence-electron chi connectivity index (χ3n) is 2.71. The van der Waals surface area contributed by atoms with Crippen molar-refractivity contribution in [3.8, 4) is 0 Å². The Kier molecular flexibility index (Phi) is 7.13. The molecule has 0 aliphatic heterocycles. The van der Waals surface area contributed by atoms with Crippen molar-refractivity contribution in [3.63, 3.8) is 0 Å². The lowest BCUT2D eigenvalue weighted by atomic mass is 10.3. The van der Waals surface area contributed by atoms with Crippen LogP contribution in [0.25, 0.3) is 0 Å². The number of nitrogens with zero attached hydrogens (tertiary/aromatic N) is 1. The number of hydrogen-bond donors (Lipinski definition) is 2. The summed E-state index contributed by atoms with van der Waals surface area (Å²) in [4.78, 5) is 24.6. The van der Waals surface area contributed by atoms with E-state index < -0.39 is 0 Å². The topological polar surface area (TPSA) is 70.7 Å². The molecule has 20 heavy (non-hydrogen) atoms. The van der Waals surface area contributed by atoms with Gasteiger partial charge in [-0.1, -0.05) is 18.2 Å². The Bertz CT molecular complexity index is 423. The highest BCUT2D eigenvalue weighted by atomic mass is 16.5. The fourth-order valence-electron chi connectivity index (χ4n) is 1.63. The van der Waals surface area contributed by atoms with E-state index in [1.165, 1.54) is 6.92 Å². The number of carbonyl (C=O) groups excluding carboxylic acids is 2. The van der Waals surface area contributed by atoms with Crippen molar-refractivity contribution in [1.82, 2.24) is 10.2 Å². The fourth-order valence-corrected chi connectivity index (χ4v) is 1.63. The Morgan fingerprint density at radius 3 is 2.50 bits per heavy atom. The molecule has 110 valence electrons. The molecule has 1 aromatic rings. The number of ether oxygens (including phenoxy) is 1. The summed E-state index contributed by atoms with van der Waals surface area (Å²) in [6.07, 6.45) is 0. The van der Waals surface area contributed by atoms with Gasteiger partial charge in [0, 0.05) is 39.4 Å². The third kappa shape index (κ3) is 6.19. The average molecular weight is 279 g/mol. The van der Waals surface area contributed by atoms with E-state index in [1.54, 1.807) is 24.1 Å². The highest BCUT2D eigenvalue weighted by molar-refractivity contribution is 5.89. The van der Waals surface area contributed by atoms with Gasteiger partial charge in [0.2, 0.25) is 5.91 Å². The monoisotopic (exact) mass is 279 g/mol. The minimum Gasteiger partial charge on any atom is -0.383 e. The van der Waals surface area contributed by atoms with Gasteiger partial charge in [-0.15, -0.1) is 0 Å². The number of methoxy groups -OCH3 is 1. The molecule has 0 saturated carbocycles. The molecule has 1 aromatic carbocycles. The average Bonchev–Trinajstić information content (AvgIpc) is 2.43. The summed E-state index contributed by atoms with van der Waals surface area (Å²) >= 11 is 0. The smallest absolute Gasteiger partial charge is 0.319 e. The fraction of sp³-hybridized carbons (Fsp3) is 0.429. The van der Waals surface area contributed by atoms with E-state index in [9.17, 15) is 9.59 Å². The van der Waals surface area contributed by atoms with Crippen molar-refractivity contribution in [1.29, 1.82) is 0 Å². The zero-order valence-electron chi connectivity index (χ0n) is 11.9. The molecule has 0 spiro atoms. The molecule has 2 N–H and O–H groups in total. The number of rotatable bonds is 7. The van der Waals surface area contributed by atoms with Crippen LogP contribution < -0.4 is 10.6 Å². The Hall–Kier alpha value is -2.08. The second-order valence-corrected chi connectivity index (χ2v) is 4.25. The van der Waals surface area contributed by atoms with Gasteiger partial charge in [0.05, 0.1) is 6.61 Å². The molecule has 0 unspecified atom stereocenters. The number of para-hydroxylation sites is 1. The molecule has 3 amide bonds. The second kappa shape index (κ2) is 8.92. The maximum Gasteiger partial charge on any atom is 0.319 e. The van der Waals surface area contributed by atoms with Crippen LogP contribution in [0.15, 0.2) is 30.3 Å². The lowest BCUT2D eigenvalue weighted by Crippen LogP contribution is -2.40. The van der Waals surface area contributed by atoms with Crippen LogP contribution in [0.5, 0.6) is 0 Å². The van der Waals surface area contributed by atoms with E-state index in [0.29, 0.717) is 26.2 Å². The maximum absolute atomic E-state index is 11.6. The zero-order valence-corrected chi connectivity index (χ0v) is 11.9. The van der Waals surface area contributed by atoms with E-state index >= 15 is 0 Å². The second-order valence-electron chi connectivity index (χ2n) is 4.25. The SMILES string of the molecule is COCCN(CCNC(=O)Nc1ccccc1)C(C)=O. The van der Waals surface area contributed by atoms with E-state index in [-0.39, 0.29) is 11.9 Å². The Balaban J connectivity index is 2.28. The molecule has 0 aromatic heterocycles. The largest absolute Gasteiger partial charge is 0.383 e. The molecule has 6 heteroatoms. The first-order valence-corrected chi connectivity index (χ1v) is 6.48. The van der Waals surface area contributed by atoms with Gasteiger partial charge in [-0.2, -0.15) is 0 Å². The van der Waals surface area contributed by atoms with Crippen LogP contribution in [-0.4, -0.2) is 50.2 Å². The van der Waals surface area contributed by atoms with Gasteiger partial charge in [-0.25, -0.2) is 4.79 Å². The van der Waals surface area contributed by atoms with Gasteiger partial charge < -0.3 is 20.3 Å². The molecule has 0 bridgehead atoms. The summed E-state index contributed by atoms with van der Waals surface area (Å²) in [5.41, 5.74) is 0.729. The minimum absolute atomic E-state index is 0.0349. The normalized spacial score (nSPS) is 9.90. The number of urea groups is 1. The van der Waals surface area contributed by atoms with Gasteiger partial charge in [-0.3, -0.25) is 4.79 Å². The van der Waals surface area contributed by atoms with Crippen molar-refractivity contribution in [2.24, 2.45) is 0 Å². The molecular weight excluding hydrogens is 258 g/mol. The summed E-state index contributed by atoms with van der Waals surface area (Å²) in [7, 11) is 1.59. The highest BCUT2D eigenvalue weighted by Crippen LogP contribution is 2.03. The van der Waals surface area contributed by atoms with Crippen LogP contribution >= 0.6 is 0 Å². The van der Waals surface area contributed by atoms with Crippen LogP contribution in [0.2, 0.25) is 0 Å². The number of nitrogens with one attached hydrogen (secondary N) is 2. The summed E-state index contributed by atoms with van der Waals surface area (Å²) in [6.45, 7) is 3.35. The molecule has 0 radical (unpaired) electrons. The Morgan fingerprint density at radius 1 is 1.20 bits per heavy atom. The quantitative estimate of drug-likeness (QED) is 0.790. The molecular formula is C14H21N3O3. The Morgan fingerprint density at radius 2 is 1.90 bits per heavy atom. The molecule has 0 aliphatic carbocycles. The van der Waals surface area contributed by atoms with Crippen LogP contribution in [0.1, 0.15) is 6.92 Å². The first kappa shape index (κ1) is 16.0. The highest BCUT2D eigenvalue weighted by Gasteiger charge is 2.08. The van der Waals surface area contributed by atoms with Crippen molar-refractivity contribution in [3.05, 3.63) is 30.3 Å². The summed E-state index contributed by atoms with van der Waals surface area (Å²) in [5, 5.41) is 5.42. The molecule has 1 rings (SSSR count). The molecule has 6 nitrogen and oxygen atoms in total. The van der Waals surface area contributed by atoms with Gasteiger partial charge in [0.15, 0.2) is 0 Å². The van der Waals surface area contributed by atoms with E-state index in [4.69, 9.17) is 4.74 Å². The number of anilines is 1. The molecule has 0 saturated heterocycles. The Labute approximate surface area is 119 Å². The number of carbonyl (C=O) groups is 2. The number of amides is 3. The predicted octanol–water partition coefficient (Wildman–Crippen LogP) is 1.30. The van der Waals surface area contributed by atoms with Crippen LogP contribution in [0.4, 0.5) is 10.5 Å². The van der Waals surface area contributed by atoms with E-state index in [2.05, 4.69) is 10.6 Å². The minimum atomic E-state index is -0.286. The van der Waals surface area contributed by atoms with Crippen LogP contribution in [0, 0.1) is 0 Å². The van der Waals surface area contributed by atoms with Crippen molar-refractivity contribution >= 4 is 17.6 Å². The first-order chi connectivity index (χ1) is 9.63. The third-order valence-corrected chi connectivity index (χ3v) is 2.71. The van der Waals surface area contributed by atoms with Crippen molar-refractivity contribution in [2.75, 3.05) is 38.7 Å². The number of benzene rings is 1. The van der Waals surface area contributed by atoms with Crippen molar-refractivity contribution in [2.45, 2.75) is 6.92 Å². The van der Waals surface area contributed by atoms with Gasteiger partial charge in [-0.05, 0) is 12.1 Å². The lowest BCUT2D eigenvalue weighted by Gasteiger charge is -2.20. The molecule has 0 fully saturated rings. The zero-order chi connectivity index (χ0) is 14.8. The summed E-state index contributed by atoms with van der Waals surface area (Å²) in [6, 6.07) is 8.89. The van der Waals surface area contributed by atoms with Crippen molar-refractivity contribution < 1.29 is 14.3 Å². The van der Waals surface area contributed by atoms with Gasteiger partial charge >= 0.3 is 6.03 Å². The van der Waals surface area contributed by atoms with E-state index in [0.717, 1.165) is 5.69 Å². The van der Waals surface area contributed by atoms with Crippen LogP contribution in [-0.2, 0) is 9.53 Å². The molecule has 0 heterocycles. The number of hydrogen-bond acceptors (Lipinski definition) is 3. The van der Waals surface area contributed by atoms with Gasteiger partial charge in [0.25, 0.3) is 0 Å². The predicted molar refractivity (Wildman–Crippen MR) is 77.6 cm³/mol. The standard InChI is InChI=1S/C14H21N3O3/c1-12(18)17(10-11-20-2)9-8-15-14(19)16-13-6-4-3-5-7-13/h3-7H,8-11H2,1-2H3,(H2,15,16,19). The van der Waals surface area contributed by atoms with Gasteiger partial charge in [0.1, 0.15) is 0 Å². The van der Waals surface area contributed by atoms with E-state index in [1.807, 2.05) is 18.2 Å².